The van der Waals surface area contributed by atoms with Gasteiger partial charge in [-0.15, -0.1) is 0 Å². The van der Waals surface area contributed by atoms with Crippen LogP contribution in [0.15, 0.2) is 67.0 Å². The molecular weight excluding hydrogens is 356 g/mol. The maximum absolute atomic E-state index is 13.2. The highest BCUT2D eigenvalue weighted by atomic mass is 16.6. The van der Waals surface area contributed by atoms with Crippen LogP contribution in [-0.4, -0.2) is 36.8 Å². The Hall–Kier alpha value is -3.54. The van der Waals surface area contributed by atoms with Gasteiger partial charge in [-0.05, 0) is 47.5 Å². The Morgan fingerprint density at radius 2 is 1.75 bits per heavy atom. The van der Waals surface area contributed by atoms with Gasteiger partial charge in [-0.1, -0.05) is 18.2 Å². The number of hydrogen-bond acceptors (Lipinski definition) is 5. The van der Waals surface area contributed by atoms with E-state index in [1.54, 1.807) is 17.3 Å². The predicted molar refractivity (Wildman–Crippen MR) is 104 cm³/mol. The van der Waals surface area contributed by atoms with Gasteiger partial charge in [0.2, 0.25) is 6.10 Å². The molecule has 1 atom stereocenters. The van der Waals surface area contributed by atoms with Crippen molar-refractivity contribution in [1.29, 1.82) is 0 Å². The number of ether oxygens (including phenoxy) is 3. The fourth-order valence-electron chi connectivity index (χ4n) is 3.49. The van der Waals surface area contributed by atoms with Crippen LogP contribution >= 0.6 is 0 Å². The lowest BCUT2D eigenvalue weighted by Crippen LogP contribution is -2.49. The average Bonchev–Trinajstić information content (AvgIpc) is 2.78. The zero-order valence-electron chi connectivity index (χ0n) is 15.1. The molecule has 0 fully saturated rings. The van der Waals surface area contributed by atoms with Crippen LogP contribution in [0, 0.1) is 0 Å². The Labute approximate surface area is 162 Å². The summed E-state index contributed by atoms with van der Waals surface area (Å²) in [6.45, 7) is 1.09. The molecule has 1 unspecified atom stereocenters. The predicted octanol–water partition coefficient (Wildman–Crippen LogP) is 3.31. The number of hydrogen-bond donors (Lipinski definition) is 0. The second kappa shape index (κ2) is 6.88. The summed E-state index contributed by atoms with van der Waals surface area (Å²) in [6.07, 6.45) is 2.81. The molecule has 1 aromatic heterocycles. The van der Waals surface area contributed by atoms with Gasteiger partial charge in [-0.2, -0.15) is 0 Å². The zero-order valence-corrected chi connectivity index (χ0v) is 15.1. The van der Waals surface area contributed by atoms with Gasteiger partial charge in [-0.3, -0.25) is 9.78 Å². The molecule has 2 aliphatic rings. The van der Waals surface area contributed by atoms with Crippen molar-refractivity contribution >= 4 is 11.6 Å². The number of aromatic nitrogens is 1. The number of nitrogens with zero attached hydrogens (tertiary/aromatic N) is 2. The molecule has 1 amide bonds. The molecule has 0 spiro atoms. The lowest BCUT2D eigenvalue weighted by Gasteiger charge is -2.34. The quantitative estimate of drug-likeness (QED) is 0.689. The summed E-state index contributed by atoms with van der Waals surface area (Å²) in [5, 5.41) is 0. The number of carbonyl (C=O) groups excluding carboxylic acids is 1. The Morgan fingerprint density at radius 1 is 0.929 bits per heavy atom. The summed E-state index contributed by atoms with van der Waals surface area (Å²) in [6, 6.07) is 17.1. The maximum atomic E-state index is 13.2. The van der Waals surface area contributed by atoms with Crippen LogP contribution in [-0.2, 0) is 4.79 Å². The molecule has 3 heterocycles. The third kappa shape index (κ3) is 2.93. The minimum Gasteiger partial charge on any atom is -0.490 e. The summed E-state index contributed by atoms with van der Waals surface area (Å²) in [5.41, 5.74) is 2.77. The fraction of sp³-hybridized carbons (Fsp3) is 0.182. The molecule has 2 aliphatic heterocycles. The van der Waals surface area contributed by atoms with Crippen molar-refractivity contribution in [1.82, 2.24) is 4.98 Å². The summed E-state index contributed by atoms with van der Waals surface area (Å²) in [5.74, 6) is 1.81. The first kappa shape index (κ1) is 16.6. The Morgan fingerprint density at radius 3 is 2.61 bits per heavy atom. The third-order valence-electron chi connectivity index (χ3n) is 4.89. The number of pyridine rings is 1. The molecular formula is C22H18N2O4. The minimum atomic E-state index is -0.689. The van der Waals surface area contributed by atoms with Crippen molar-refractivity contribution in [2.24, 2.45) is 0 Å². The molecule has 28 heavy (non-hydrogen) atoms. The fourth-order valence-corrected chi connectivity index (χ4v) is 3.49. The maximum Gasteiger partial charge on any atom is 0.271 e. The van der Waals surface area contributed by atoms with Crippen molar-refractivity contribution in [3.8, 4) is 28.4 Å². The SMILES string of the molecule is O=C(C1COc2ccccc2O1)N1CCOc2ccc(-c3ccncc3)cc21. The first-order valence-corrected chi connectivity index (χ1v) is 9.17. The van der Waals surface area contributed by atoms with Crippen LogP contribution in [0.25, 0.3) is 11.1 Å². The number of anilines is 1. The van der Waals surface area contributed by atoms with E-state index in [-0.39, 0.29) is 12.5 Å². The normalized spacial score (nSPS) is 17.4. The minimum absolute atomic E-state index is 0.133. The number of amides is 1. The molecule has 0 saturated heterocycles. The van der Waals surface area contributed by atoms with E-state index in [9.17, 15) is 4.79 Å². The topological polar surface area (TPSA) is 60.9 Å². The van der Waals surface area contributed by atoms with Gasteiger partial charge in [0.25, 0.3) is 5.91 Å². The van der Waals surface area contributed by atoms with Crippen LogP contribution in [0.1, 0.15) is 0 Å². The third-order valence-corrected chi connectivity index (χ3v) is 4.89. The van der Waals surface area contributed by atoms with Crippen LogP contribution in [0.4, 0.5) is 5.69 Å². The van der Waals surface area contributed by atoms with Crippen molar-refractivity contribution in [3.05, 3.63) is 67.0 Å². The van der Waals surface area contributed by atoms with E-state index in [0.717, 1.165) is 16.8 Å². The zero-order chi connectivity index (χ0) is 18.9. The molecule has 0 aliphatic carbocycles. The highest BCUT2D eigenvalue weighted by Gasteiger charge is 2.34. The number of rotatable bonds is 2. The number of benzene rings is 2. The van der Waals surface area contributed by atoms with Crippen LogP contribution in [0.5, 0.6) is 17.2 Å². The van der Waals surface area contributed by atoms with Gasteiger partial charge >= 0.3 is 0 Å². The van der Waals surface area contributed by atoms with Gasteiger partial charge in [-0.25, -0.2) is 0 Å². The molecule has 140 valence electrons. The summed E-state index contributed by atoms with van der Waals surface area (Å²) in [7, 11) is 0. The molecule has 2 aromatic carbocycles. The highest BCUT2D eigenvalue weighted by molar-refractivity contribution is 5.99. The summed E-state index contributed by atoms with van der Waals surface area (Å²) >= 11 is 0. The lowest BCUT2D eigenvalue weighted by atomic mass is 10.0. The van der Waals surface area contributed by atoms with E-state index < -0.39 is 6.10 Å². The van der Waals surface area contributed by atoms with E-state index in [4.69, 9.17) is 14.2 Å². The molecule has 6 nitrogen and oxygen atoms in total. The van der Waals surface area contributed by atoms with Crippen molar-refractivity contribution in [2.75, 3.05) is 24.7 Å². The number of carbonyl (C=O) groups is 1. The summed E-state index contributed by atoms with van der Waals surface area (Å²) in [4.78, 5) is 19.0. The first-order chi connectivity index (χ1) is 13.8. The van der Waals surface area contributed by atoms with Crippen molar-refractivity contribution in [3.63, 3.8) is 0 Å². The van der Waals surface area contributed by atoms with E-state index in [2.05, 4.69) is 4.98 Å². The smallest absolute Gasteiger partial charge is 0.271 e. The standard InChI is InChI=1S/C22H18N2O4/c25-22(21-14-27-19-3-1-2-4-20(19)28-21)24-11-12-26-18-6-5-16(13-17(18)24)15-7-9-23-10-8-15/h1-10,13,21H,11-12,14H2. The molecule has 3 aromatic rings. The average molecular weight is 374 g/mol. The van der Waals surface area contributed by atoms with E-state index in [0.29, 0.717) is 30.4 Å². The van der Waals surface area contributed by atoms with Gasteiger partial charge in [0, 0.05) is 12.4 Å². The second-order valence-electron chi connectivity index (χ2n) is 6.62. The Kier molecular flexibility index (Phi) is 4.09. The Bertz CT molecular complexity index is 1020. The largest absolute Gasteiger partial charge is 0.490 e. The number of fused-ring (bicyclic) bond motifs is 2. The van der Waals surface area contributed by atoms with Gasteiger partial charge in [0.15, 0.2) is 11.5 Å². The van der Waals surface area contributed by atoms with E-state index in [1.165, 1.54) is 0 Å². The first-order valence-electron chi connectivity index (χ1n) is 9.17. The van der Waals surface area contributed by atoms with Crippen LogP contribution in [0.3, 0.4) is 0 Å². The van der Waals surface area contributed by atoms with Crippen molar-refractivity contribution < 1.29 is 19.0 Å². The monoisotopic (exact) mass is 374 g/mol. The highest BCUT2D eigenvalue weighted by Crippen LogP contribution is 2.37. The van der Waals surface area contributed by atoms with Gasteiger partial charge in [0.05, 0.1) is 12.2 Å². The van der Waals surface area contributed by atoms with Crippen LogP contribution < -0.4 is 19.1 Å². The Balaban J connectivity index is 1.45. The molecule has 6 heteroatoms. The van der Waals surface area contributed by atoms with Crippen LogP contribution in [0.2, 0.25) is 0 Å². The van der Waals surface area contributed by atoms with Gasteiger partial charge in [0.1, 0.15) is 19.0 Å². The second-order valence-corrected chi connectivity index (χ2v) is 6.62. The lowest BCUT2D eigenvalue weighted by molar-refractivity contribution is -0.127. The van der Waals surface area contributed by atoms with Crippen molar-refractivity contribution in [2.45, 2.75) is 6.10 Å². The van der Waals surface area contributed by atoms with E-state index in [1.807, 2.05) is 54.6 Å². The molecule has 5 rings (SSSR count). The molecule has 0 N–H and O–H groups in total. The molecule has 0 saturated carbocycles. The van der Waals surface area contributed by atoms with E-state index >= 15 is 0 Å². The molecule has 0 bridgehead atoms. The van der Waals surface area contributed by atoms with Gasteiger partial charge < -0.3 is 19.1 Å². The number of para-hydroxylation sites is 2. The summed E-state index contributed by atoms with van der Waals surface area (Å²) < 4.78 is 17.4. The molecule has 0 radical (unpaired) electrons.